The summed E-state index contributed by atoms with van der Waals surface area (Å²) in [7, 11) is 0. The first-order valence-electron chi connectivity index (χ1n) is 7.64. The Hall–Kier alpha value is -2.17. The predicted molar refractivity (Wildman–Crippen MR) is 85.7 cm³/mol. The number of aryl methyl sites for hydroxylation is 1. The normalized spacial score (nSPS) is 20.5. The van der Waals surface area contributed by atoms with E-state index >= 15 is 0 Å². The van der Waals surface area contributed by atoms with E-state index in [0.717, 1.165) is 17.8 Å². The van der Waals surface area contributed by atoms with E-state index in [1.165, 1.54) is 16.7 Å². The van der Waals surface area contributed by atoms with E-state index in [2.05, 4.69) is 45.9 Å². The van der Waals surface area contributed by atoms with Crippen LogP contribution in [-0.2, 0) is 13.0 Å². The first kappa shape index (κ1) is 13.5. The van der Waals surface area contributed by atoms with Crippen molar-refractivity contribution in [2.45, 2.75) is 32.0 Å². The lowest BCUT2D eigenvalue weighted by atomic mass is 10.1. The fourth-order valence-corrected chi connectivity index (χ4v) is 3.30. The van der Waals surface area contributed by atoms with Crippen molar-refractivity contribution >= 4 is 5.65 Å². The molecular weight excluding hydrogens is 274 g/mol. The van der Waals surface area contributed by atoms with Crippen LogP contribution in [0.15, 0.2) is 48.8 Å². The van der Waals surface area contributed by atoms with Crippen molar-refractivity contribution in [1.82, 2.24) is 14.7 Å². The minimum atomic E-state index is -0.362. The van der Waals surface area contributed by atoms with Crippen LogP contribution in [0.5, 0.6) is 0 Å². The van der Waals surface area contributed by atoms with E-state index in [0.29, 0.717) is 6.54 Å². The highest BCUT2D eigenvalue weighted by Crippen LogP contribution is 2.31. The average molecular weight is 293 g/mol. The van der Waals surface area contributed by atoms with Gasteiger partial charge < -0.3 is 14.8 Å². The van der Waals surface area contributed by atoms with E-state index in [9.17, 15) is 5.11 Å². The topological polar surface area (TPSA) is 49.6 Å². The second-order valence-corrected chi connectivity index (χ2v) is 6.01. The predicted octanol–water partition coefficient (Wildman–Crippen LogP) is 2.39. The van der Waals surface area contributed by atoms with E-state index in [1.807, 2.05) is 24.5 Å². The van der Waals surface area contributed by atoms with Gasteiger partial charge in [-0.15, -0.1) is 0 Å². The fraction of sp³-hybridized carbons (Fsp3) is 0.278. The summed E-state index contributed by atoms with van der Waals surface area (Å²) in [5.74, 6) is 0. The molecule has 2 atom stereocenters. The molecule has 0 saturated carbocycles. The summed E-state index contributed by atoms with van der Waals surface area (Å²) in [6.07, 6.45) is 4.31. The molecular formula is C18H19N3O. The number of fused-ring (bicyclic) bond motifs is 2. The number of rotatable bonds is 3. The zero-order valence-corrected chi connectivity index (χ0v) is 12.5. The maximum Gasteiger partial charge on any atom is 0.137 e. The molecule has 0 saturated heterocycles. The minimum Gasteiger partial charge on any atom is -0.391 e. The third-order valence-electron chi connectivity index (χ3n) is 4.45. The first-order valence-corrected chi connectivity index (χ1v) is 7.64. The number of aliphatic hydroxyl groups is 1. The zero-order chi connectivity index (χ0) is 15.1. The van der Waals surface area contributed by atoms with Crippen LogP contribution in [0.2, 0.25) is 0 Å². The van der Waals surface area contributed by atoms with Crippen LogP contribution >= 0.6 is 0 Å². The Labute approximate surface area is 129 Å². The van der Waals surface area contributed by atoms with Gasteiger partial charge in [-0.2, -0.15) is 0 Å². The van der Waals surface area contributed by atoms with Crippen LogP contribution in [-0.4, -0.2) is 20.6 Å². The number of nitrogens with zero attached hydrogens (tertiary/aromatic N) is 2. The van der Waals surface area contributed by atoms with Crippen LogP contribution in [0.1, 0.15) is 28.4 Å². The summed E-state index contributed by atoms with van der Waals surface area (Å²) in [4.78, 5) is 4.45. The second-order valence-electron chi connectivity index (χ2n) is 6.01. The van der Waals surface area contributed by atoms with Crippen LogP contribution in [0.25, 0.3) is 5.65 Å². The molecule has 0 amide bonds. The maximum atomic E-state index is 10.3. The summed E-state index contributed by atoms with van der Waals surface area (Å²) in [6, 6.07) is 12.4. The summed E-state index contributed by atoms with van der Waals surface area (Å²) in [6.45, 7) is 2.75. The number of aliphatic hydroxyl groups excluding tert-OH is 1. The molecule has 0 bridgehead atoms. The van der Waals surface area contributed by atoms with Crippen molar-refractivity contribution in [3.05, 3.63) is 71.2 Å². The van der Waals surface area contributed by atoms with Gasteiger partial charge in [-0.25, -0.2) is 4.98 Å². The Morgan fingerprint density at radius 1 is 1.32 bits per heavy atom. The molecule has 22 heavy (non-hydrogen) atoms. The summed E-state index contributed by atoms with van der Waals surface area (Å²) in [5.41, 5.74) is 5.72. The first-order chi connectivity index (χ1) is 10.7. The molecule has 2 aromatic heterocycles. The Kier molecular flexibility index (Phi) is 3.21. The maximum absolute atomic E-state index is 10.3. The van der Waals surface area contributed by atoms with Gasteiger partial charge in [0, 0.05) is 19.2 Å². The Bertz CT molecular complexity index is 824. The lowest BCUT2D eigenvalue weighted by Crippen LogP contribution is -2.28. The minimum absolute atomic E-state index is 0.00722. The largest absolute Gasteiger partial charge is 0.391 e. The molecule has 0 fully saturated rings. The number of aromatic nitrogens is 2. The quantitative estimate of drug-likeness (QED) is 0.779. The molecule has 0 spiro atoms. The lowest BCUT2D eigenvalue weighted by Gasteiger charge is -2.17. The Balaban J connectivity index is 1.57. The SMILES string of the molecule is Cc1ccn2c(CN[C@@H]3c4ccccc4C[C@@H]3O)cnc2c1. The van der Waals surface area contributed by atoms with Crippen LogP contribution < -0.4 is 5.32 Å². The molecule has 112 valence electrons. The summed E-state index contributed by atoms with van der Waals surface area (Å²) in [5, 5.41) is 13.8. The van der Waals surface area contributed by atoms with Gasteiger partial charge in [0.1, 0.15) is 5.65 Å². The second kappa shape index (κ2) is 5.23. The van der Waals surface area contributed by atoms with Crippen LogP contribution in [0.3, 0.4) is 0 Å². The van der Waals surface area contributed by atoms with E-state index < -0.39 is 0 Å². The third-order valence-corrected chi connectivity index (χ3v) is 4.45. The molecule has 4 rings (SSSR count). The van der Waals surface area contributed by atoms with Gasteiger partial charge >= 0.3 is 0 Å². The van der Waals surface area contributed by atoms with Crippen LogP contribution in [0, 0.1) is 6.92 Å². The number of hydrogen-bond donors (Lipinski definition) is 2. The number of pyridine rings is 1. The van der Waals surface area contributed by atoms with Gasteiger partial charge in [0.05, 0.1) is 24.0 Å². The lowest BCUT2D eigenvalue weighted by molar-refractivity contribution is 0.140. The summed E-state index contributed by atoms with van der Waals surface area (Å²) < 4.78 is 2.09. The van der Waals surface area contributed by atoms with Crippen molar-refractivity contribution < 1.29 is 5.11 Å². The highest BCUT2D eigenvalue weighted by atomic mass is 16.3. The van der Waals surface area contributed by atoms with Crippen molar-refractivity contribution in [3.8, 4) is 0 Å². The van der Waals surface area contributed by atoms with Crippen molar-refractivity contribution in [1.29, 1.82) is 0 Å². The molecule has 0 radical (unpaired) electrons. The number of hydrogen-bond acceptors (Lipinski definition) is 3. The smallest absolute Gasteiger partial charge is 0.137 e. The number of benzene rings is 1. The van der Waals surface area contributed by atoms with E-state index in [-0.39, 0.29) is 12.1 Å². The third kappa shape index (κ3) is 2.21. The van der Waals surface area contributed by atoms with E-state index in [1.54, 1.807) is 0 Å². The monoisotopic (exact) mass is 293 g/mol. The zero-order valence-electron chi connectivity index (χ0n) is 12.5. The standard InChI is InChI=1S/C18H19N3O/c1-12-6-7-21-14(10-19-17(21)8-12)11-20-18-15-5-3-2-4-13(15)9-16(18)22/h2-8,10,16,18,20,22H,9,11H2,1H3/t16-,18+/m0/s1. The van der Waals surface area contributed by atoms with Crippen molar-refractivity contribution in [2.24, 2.45) is 0 Å². The van der Waals surface area contributed by atoms with Crippen molar-refractivity contribution in [3.63, 3.8) is 0 Å². The van der Waals surface area contributed by atoms with Gasteiger partial charge in [-0.1, -0.05) is 24.3 Å². The highest BCUT2D eigenvalue weighted by Gasteiger charge is 2.30. The van der Waals surface area contributed by atoms with Gasteiger partial charge in [0.25, 0.3) is 0 Å². The van der Waals surface area contributed by atoms with Crippen LogP contribution in [0.4, 0.5) is 0 Å². The number of imidazole rings is 1. The molecule has 3 aromatic rings. The highest BCUT2D eigenvalue weighted by molar-refractivity contribution is 5.43. The van der Waals surface area contributed by atoms with E-state index in [4.69, 9.17) is 0 Å². The molecule has 4 nitrogen and oxygen atoms in total. The molecule has 2 N–H and O–H groups in total. The molecule has 1 aliphatic carbocycles. The summed E-state index contributed by atoms with van der Waals surface area (Å²) >= 11 is 0. The van der Waals surface area contributed by atoms with Gasteiger partial charge in [-0.3, -0.25) is 0 Å². The Morgan fingerprint density at radius 2 is 2.18 bits per heavy atom. The molecule has 0 aliphatic heterocycles. The fourth-order valence-electron chi connectivity index (χ4n) is 3.30. The average Bonchev–Trinajstić information content (AvgIpc) is 3.05. The molecule has 0 unspecified atom stereocenters. The van der Waals surface area contributed by atoms with Gasteiger partial charge in [0.2, 0.25) is 0 Å². The Morgan fingerprint density at radius 3 is 3.09 bits per heavy atom. The molecule has 2 heterocycles. The molecule has 4 heteroatoms. The van der Waals surface area contributed by atoms with Gasteiger partial charge in [0.15, 0.2) is 0 Å². The molecule has 1 aromatic carbocycles. The molecule has 1 aliphatic rings. The van der Waals surface area contributed by atoms with Crippen molar-refractivity contribution in [2.75, 3.05) is 0 Å². The number of nitrogens with one attached hydrogen (secondary N) is 1. The van der Waals surface area contributed by atoms with Gasteiger partial charge in [-0.05, 0) is 35.7 Å².